The van der Waals surface area contributed by atoms with Crippen molar-refractivity contribution in [2.75, 3.05) is 10.6 Å². The second kappa shape index (κ2) is 15.9. The lowest BCUT2D eigenvalue weighted by Gasteiger charge is -2.18. The van der Waals surface area contributed by atoms with Gasteiger partial charge in [0, 0.05) is 44.0 Å². The zero-order chi connectivity index (χ0) is 34.0. The number of benzene rings is 5. The summed E-state index contributed by atoms with van der Waals surface area (Å²) in [5.41, 5.74) is 2.22. The highest BCUT2D eigenvalue weighted by Crippen LogP contribution is 2.37. The van der Waals surface area contributed by atoms with E-state index in [0.717, 1.165) is 5.56 Å². The van der Waals surface area contributed by atoms with Gasteiger partial charge in [0.15, 0.2) is 0 Å². The molecule has 1 atom stereocenters. The first kappa shape index (κ1) is 33.9. The summed E-state index contributed by atoms with van der Waals surface area (Å²) in [6.45, 7) is 0. The van der Waals surface area contributed by atoms with Crippen LogP contribution in [0.15, 0.2) is 138 Å². The number of thioether (sulfide) groups is 1. The molecule has 0 heterocycles. The summed E-state index contributed by atoms with van der Waals surface area (Å²) in [5.74, 6) is -1.44. The van der Waals surface area contributed by atoms with Gasteiger partial charge in [-0.15, -0.1) is 11.8 Å². The van der Waals surface area contributed by atoms with Crippen molar-refractivity contribution in [3.63, 3.8) is 0 Å². The Morgan fingerprint density at radius 3 is 2.10 bits per heavy atom. The normalized spacial score (nSPS) is 11.7. The molecule has 3 N–H and O–H groups in total. The highest BCUT2D eigenvalue weighted by atomic mass is 35.5. The van der Waals surface area contributed by atoms with E-state index in [1.807, 2.05) is 30.3 Å². The molecule has 0 aromatic heterocycles. The van der Waals surface area contributed by atoms with Crippen LogP contribution in [0.4, 0.5) is 17.1 Å². The first-order valence-electron chi connectivity index (χ1n) is 14.4. The van der Waals surface area contributed by atoms with Crippen LogP contribution in [-0.2, 0) is 9.59 Å². The van der Waals surface area contributed by atoms with Crippen LogP contribution in [0.25, 0.3) is 6.08 Å². The van der Waals surface area contributed by atoms with Gasteiger partial charge in [-0.3, -0.25) is 24.5 Å². The summed E-state index contributed by atoms with van der Waals surface area (Å²) in [7, 11) is 0. The Balaban J connectivity index is 1.38. The number of hydrogen-bond donors (Lipinski definition) is 3. The summed E-state index contributed by atoms with van der Waals surface area (Å²) < 4.78 is 0. The molecule has 0 aliphatic heterocycles. The van der Waals surface area contributed by atoms with E-state index in [1.165, 1.54) is 48.2 Å². The third kappa shape index (κ3) is 9.10. The second-order valence-electron chi connectivity index (χ2n) is 10.2. The molecule has 0 radical (unpaired) electrons. The molecule has 12 heteroatoms. The van der Waals surface area contributed by atoms with E-state index in [-0.39, 0.29) is 17.3 Å². The summed E-state index contributed by atoms with van der Waals surface area (Å²) >= 11 is 13.7. The van der Waals surface area contributed by atoms with Crippen LogP contribution in [0.5, 0.6) is 0 Å². The van der Waals surface area contributed by atoms with E-state index >= 15 is 0 Å². The number of nitro benzene ring substituents is 1. The van der Waals surface area contributed by atoms with Gasteiger partial charge in [-0.1, -0.05) is 83.9 Å². The van der Waals surface area contributed by atoms with Gasteiger partial charge < -0.3 is 16.0 Å². The molecule has 0 fully saturated rings. The van der Waals surface area contributed by atoms with Crippen molar-refractivity contribution < 1.29 is 19.3 Å². The average Bonchev–Trinajstić information content (AvgIpc) is 3.09. The summed E-state index contributed by atoms with van der Waals surface area (Å²) in [6.07, 6.45) is 1.46. The van der Waals surface area contributed by atoms with Crippen LogP contribution in [0.3, 0.4) is 0 Å². The van der Waals surface area contributed by atoms with Gasteiger partial charge in [0.25, 0.3) is 17.5 Å². The lowest BCUT2D eigenvalue weighted by molar-refractivity contribution is -0.384. The van der Waals surface area contributed by atoms with Crippen LogP contribution >= 0.6 is 35.0 Å². The van der Waals surface area contributed by atoms with Crippen molar-refractivity contribution in [2.24, 2.45) is 0 Å². The number of halogens is 2. The number of carbonyl (C=O) groups excluding carboxylic acids is 3. The maximum atomic E-state index is 13.6. The number of nitrogens with one attached hydrogen (secondary N) is 3. The van der Waals surface area contributed by atoms with Crippen molar-refractivity contribution in [3.8, 4) is 0 Å². The first-order chi connectivity index (χ1) is 23.2. The second-order valence-corrected chi connectivity index (χ2v) is 12.2. The molecule has 0 aliphatic rings. The third-order valence-electron chi connectivity index (χ3n) is 6.82. The Labute approximate surface area is 290 Å². The molecular formula is C36H26Cl2N4O5S. The smallest absolute Gasteiger partial charge is 0.272 e. The molecule has 5 aromatic rings. The first-order valence-corrected chi connectivity index (χ1v) is 16.0. The fourth-order valence-electron chi connectivity index (χ4n) is 4.47. The molecule has 5 rings (SSSR count). The van der Waals surface area contributed by atoms with Crippen molar-refractivity contribution in [3.05, 3.63) is 170 Å². The Morgan fingerprint density at radius 2 is 1.44 bits per heavy atom. The van der Waals surface area contributed by atoms with E-state index in [2.05, 4.69) is 16.0 Å². The van der Waals surface area contributed by atoms with Gasteiger partial charge in [-0.05, 0) is 71.8 Å². The van der Waals surface area contributed by atoms with Crippen LogP contribution in [0.2, 0.25) is 10.0 Å². The van der Waals surface area contributed by atoms with Crippen molar-refractivity contribution in [1.82, 2.24) is 5.32 Å². The Kier molecular flexibility index (Phi) is 11.3. The third-order valence-corrected chi connectivity index (χ3v) is 8.63. The minimum atomic E-state index is -0.708. The van der Waals surface area contributed by atoms with Crippen LogP contribution < -0.4 is 16.0 Å². The molecule has 5 aromatic carbocycles. The minimum absolute atomic E-state index is 0.0595. The topological polar surface area (TPSA) is 130 Å². The van der Waals surface area contributed by atoms with Gasteiger partial charge in [0.1, 0.15) is 10.9 Å². The summed E-state index contributed by atoms with van der Waals surface area (Å²) in [6, 6.07) is 34.9. The zero-order valence-electron chi connectivity index (χ0n) is 24.9. The lowest BCUT2D eigenvalue weighted by Crippen LogP contribution is -2.30. The van der Waals surface area contributed by atoms with Crippen LogP contribution in [0, 0.1) is 10.1 Å². The summed E-state index contributed by atoms with van der Waals surface area (Å²) in [5, 5.41) is 19.4. The Hall–Kier alpha value is -5.42. The Morgan fingerprint density at radius 1 is 0.750 bits per heavy atom. The molecule has 0 aliphatic carbocycles. The number of carbonyl (C=O) groups is 3. The number of nitrogens with zero attached hydrogens (tertiary/aromatic N) is 1. The number of anilines is 2. The molecule has 3 amide bonds. The fraction of sp³-hybridized carbons (Fsp3) is 0.0278. The SMILES string of the molecule is O=C(Nc1cccc(SC(C(=O)Nc2ccc([N+](=O)[O-])cc2)c2ccccc2)c1)/C(=C\c1ccc(Cl)cc1Cl)NC(=O)c1ccccc1. The molecule has 9 nitrogen and oxygen atoms in total. The maximum absolute atomic E-state index is 13.6. The largest absolute Gasteiger partial charge is 0.325 e. The number of nitro groups is 1. The summed E-state index contributed by atoms with van der Waals surface area (Å²) in [4.78, 5) is 51.4. The van der Waals surface area contributed by atoms with E-state index in [0.29, 0.717) is 37.4 Å². The molecule has 48 heavy (non-hydrogen) atoms. The predicted octanol–water partition coefficient (Wildman–Crippen LogP) is 8.78. The van der Waals surface area contributed by atoms with Gasteiger partial charge in [0.05, 0.1) is 4.92 Å². The van der Waals surface area contributed by atoms with E-state index < -0.39 is 22.0 Å². The fourth-order valence-corrected chi connectivity index (χ4v) is 6.02. The molecule has 240 valence electrons. The van der Waals surface area contributed by atoms with E-state index in [1.54, 1.807) is 66.7 Å². The van der Waals surface area contributed by atoms with E-state index in [9.17, 15) is 24.5 Å². The number of non-ortho nitro benzene ring substituents is 1. The molecule has 0 bridgehead atoms. The lowest BCUT2D eigenvalue weighted by atomic mass is 10.1. The molecular weight excluding hydrogens is 671 g/mol. The van der Waals surface area contributed by atoms with Gasteiger partial charge >= 0.3 is 0 Å². The molecule has 0 saturated heterocycles. The number of amides is 3. The highest BCUT2D eigenvalue weighted by Gasteiger charge is 2.23. The average molecular weight is 698 g/mol. The monoisotopic (exact) mass is 696 g/mol. The van der Waals surface area contributed by atoms with Gasteiger partial charge in [0.2, 0.25) is 5.91 Å². The molecule has 0 saturated carbocycles. The highest BCUT2D eigenvalue weighted by molar-refractivity contribution is 8.00. The van der Waals surface area contributed by atoms with Crippen LogP contribution in [0.1, 0.15) is 26.7 Å². The molecule has 0 spiro atoms. The molecule has 1 unspecified atom stereocenters. The van der Waals surface area contributed by atoms with Crippen molar-refractivity contribution in [2.45, 2.75) is 10.1 Å². The van der Waals surface area contributed by atoms with Crippen molar-refractivity contribution in [1.29, 1.82) is 0 Å². The number of hydrogen-bond acceptors (Lipinski definition) is 6. The quantitative estimate of drug-likeness (QED) is 0.0548. The van der Waals surface area contributed by atoms with Gasteiger partial charge in [-0.2, -0.15) is 0 Å². The van der Waals surface area contributed by atoms with Gasteiger partial charge in [-0.25, -0.2) is 0 Å². The standard InChI is InChI=1S/C36H26Cl2N4O5S/c37-26-15-14-25(31(38)21-26)20-32(41-34(43)24-10-5-2-6-11-24)35(44)40-28-12-7-13-30(22-28)48-33(23-8-3-1-4-9-23)36(45)39-27-16-18-29(19-17-27)42(46)47/h1-22,33H,(H,39,45)(H,40,44)(H,41,43)/b32-20+. The van der Waals surface area contributed by atoms with E-state index in [4.69, 9.17) is 23.2 Å². The maximum Gasteiger partial charge on any atom is 0.272 e. The van der Waals surface area contributed by atoms with Crippen LogP contribution in [-0.4, -0.2) is 22.6 Å². The Bertz CT molecular complexity index is 1990. The predicted molar refractivity (Wildman–Crippen MR) is 190 cm³/mol. The van der Waals surface area contributed by atoms with Crippen molar-refractivity contribution >= 4 is 75.8 Å². The minimum Gasteiger partial charge on any atom is -0.325 e. The number of rotatable bonds is 11. The zero-order valence-corrected chi connectivity index (χ0v) is 27.3.